The Hall–Kier alpha value is -2.33. The van der Waals surface area contributed by atoms with Crippen LogP contribution in [0.3, 0.4) is 0 Å². The van der Waals surface area contributed by atoms with Gasteiger partial charge < -0.3 is 15.4 Å². The van der Waals surface area contributed by atoms with Crippen molar-refractivity contribution in [2.45, 2.75) is 25.3 Å². The number of nitrogens with one attached hydrogen (secondary N) is 2. The second kappa shape index (κ2) is 7.28. The highest BCUT2D eigenvalue weighted by Crippen LogP contribution is 2.30. The fourth-order valence-electron chi connectivity index (χ4n) is 3.70. The Bertz CT molecular complexity index is 739. The van der Waals surface area contributed by atoms with Crippen molar-refractivity contribution < 1.29 is 9.53 Å². The van der Waals surface area contributed by atoms with E-state index in [0.29, 0.717) is 0 Å². The number of ether oxygens (including phenoxy) is 1. The number of hydrogen-bond acceptors (Lipinski definition) is 3. The fraction of sp³-hybridized carbons (Fsp3) is 0.381. The summed E-state index contributed by atoms with van der Waals surface area (Å²) in [6.45, 7) is 2.48. The topological polar surface area (TPSA) is 50.4 Å². The van der Waals surface area contributed by atoms with Gasteiger partial charge in [0.05, 0.1) is 18.6 Å². The third-order valence-electron chi connectivity index (χ3n) is 5.12. The van der Waals surface area contributed by atoms with Crippen molar-refractivity contribution in [3.63, 3.8) is 0 Å². The average Bonchev–Trinajstić information content (AvgIpc) is 3.21. The SMILES string of the molecule is O=C(NC(c1ccccc1)c1ccc2c(c1)CCCO2)C1CCNC1. The van der Waals surface area contributed by atoms with E-state index >= 15 is 0 Å². The van der Waals surface area contributed by atoms with Crippen molar-refractivity contribution in [2.24, 2.45) is 5.92 Å². The number of carbonyl (C=O) groups is 1. The quantitative estimate of drug-likeness (QED) is 0.903. The summed E-state index contributed by atoms with van der Waals surface area (Å²) in [5.74, 6) is 1.17. The molecule has 25 heavy (non-hydrogen) atoms. The highest BCUT2D eigenvalue weighted by molar-refractivity contribution is 5.80. The van der Waals surface area contributed by atoms with Crippen LogP contribution >= 0.6 is 0 Å². The second-order valence-electron chi connectivity index (χ2n) is 6.86. The normalized spacial score (nSPS) is 20.4. The summed E-state index contributed by atoms with van der Waals surface area (Å²) in [7, 11) is 0. The predicted octanol–water partition coefficient (Wildman–Crippen LogP) is 2.83. The summed E-state index contributed by atoms with van der Waals surface area (Å²) in [4.78, 5) is 12.7. The smallest absolute Gasteiger partial charge is 0.225 e. The lowest BCUT2D eigenvalue weighted by atomic mass is 9.94. The third-order valence-corrected chi connectivity index (χ3v) is 5.12. The van der Waals surface area contributed by atoms with Crippen molar-refractivity contribution >= 4 is 5.91 Å². The molecular weight excluding hydrogens is 312 g/mol. The number of fused-ring (bicyclic) bond motifs is 1. The molecule has 4 heteroatoms. The number of benzene rings is 2. The van der Waals surface area contributed by atoms with Gasteiger partial charge in [0.25, 0.3) is 0 Å². The van der Waals surface area contributed by atoms with Crippen LogP contribution in [-0.4, -0.2) is 25.6 Å². The number of hydrogen-bond donors (Lipinski definition) is 2. The molecule has 2 aliphatic rings. The van der Waals surface area contributed by atoms with Gasteiger partial charge in [0, 0.05) is 6.54 Å². The van der Waals surface area contributed by atoms with Gasteiger partial charge in [-0.25, -0.2) is 0 Å². The first-order valence-electron chi connectivity index (χ1n) is 9.13. The Morgan fingerprint density at radius 2 is 2.04 bits per heavy atom. The minimum atomic E-state index is -0.124. The Kier molecular flexibility index (Phi) is 4.70. The number of carbonyl (C=O) groups excluding carboxylic acids is 1. The van der Waals surface area contributed by atoms with E-state index in [1.165, 1.54) is 5.56 Å². The Morgan fingerprint density at radius 1 is 1.16 bits per heavy atom. The van der Waals surface area contributed by atoms with Crippen molar-refractivity contribution in [1.82, 2.24) is 10.6 Å². The van der Waals surface area contributed by atoms with E-state index in [1.54, 1.807) is 0 Å². The predicted molar refractivity (Wildman–Crippen MR) is 97.7 cm³/mol. The molecule has 2 atom stereocenters. The largest absolute Gasteiger partial charge is 0.493 e. The zero-order chi connectivity index (χ0) is 17.1. The summed E-state index contributed by atoms with van der Waals surface area (Å²) in [6.07, 6.45) is 2.99. The first kappa shape index (κ1) is 16.2. The summed E-state index contributed by atoms with van der Waals surface area (Å²) in [6, 6.07) is 16.4. The molecule has 0 radical (unpaired) electrons. The zero-order valence-corrected chi connectivity index (χ0v) is 14.3. The highest BCUT2D eigenvalue weighted by atomic mass is 16.5. The maximum atomic E-state index is 12.7. The number of rotatable bonds is 4. The summed E-state index contributed by atoms with van der Waals surface area (Å²) < 4.78 is 5.73. The molecule has 1 fully saturated rings. The van der Waals surface area contributed by atoms with Crippen molar-refractivity contribution in [1.29, 1.82) is 0 Å². The highest BCUT2D eigenvalue weighted by Gasteiger charge is 2.26. The van der Waals surface area contributed by atoms with Gasteiger partial charge in [-0.2, -0.15) is 0 Å². The van der Waals surface area contributed by atoms with Gasteiger partial charge in [0.2, 0.25) is 5.91 Å². The van der Waals surface area contributed by atoms with Gasteiger partial charge in [0.1, 0.15) is 5.75 Å². The van der Waals surface area contributed by atoms with E-state index in [-0.39, 0.29) is 17.9 Å². The Morgan fingerprint density at radius 3 is 2.84 bits per heavy atom. The van der Waals surface area contributed by atoms with Gasteiger partial charge in [-0.05, 0) is 54.6 Å². The third kappa shape index (κ3) is 3.54. The molecule has 4 nitrogen and oxygen atoms in total. The maximum absolute atomic E-state index is 12.7. The second-order valence-corrected chi connectivity index (χ2v) is 6.86. The summed E-state index contributed by atoms with van der Waals surface area (Å²) in [5, 5.41) is 6.55. The molecule has 2 aromatic rings. The van der Waals surface area contributed by atoms with E-state index in [2.05, 4.69) is 34.9 Å². The van der Waals surface area contributed by atoms with Crippen LogP contribution in [0.2, 0.25) is 0 Å². The summed E-state index contributed by atoms with van der Waals surface area (Å²) in [5.41, 5.74) is 3.47. The molecule has 1 amide bonds. The fourth-order valence-corrected chi connectivity index (χ4v) is 3.70. The monoisotopic (exact) mass is 336 g/mol. The lowest BCUT2D eigenvalue weighted by Gasteiger charge is -2.24. The van der Waals surface area contributed by atoms with E-state index in [9.17, 15) is 4.79 Å². The molecule has 4 rings (SSSR count). The van der Waals surface area contributed by atoms with Gasteiger partial charge in [-0.1, -0.05) is 36.4 Å². The number of aryl methyl sites for hydroxylation is 1. The van der Waals surface area contributed by atoms with E-state index in [4.69, 9.17) is 4.74 Å². The molecule has 2 aliphatic heterocycles. The molecule has 1 saturated heterocycles. The lowest BCUT2D eigenvalue weighted by molar-refractivity contribution is -0.124. The van der Waals surface area contributed by atoms with Crippen LogP contribution in [0.1, 0.15) is 35.6 Å². The molecule has 2 N–H and O–H groups in total. The van der Waals surface area contributed by atoms with E-state index in [0.717, 1.165) is 55.8 Å². The molecule has 0 spiro atoms. The standard InChI is InChI=1S/C21H24N2O2/c24-21(18-10-11-22-14-18)23-20(15-5-2-1-3-6-15)17-8-9-19-16(13-17)7-4-12-25-19/h1-3,5-6,8-9,13,18,20,22H,4,7,10-12,14H2,(H,23,24). The molecule has 0 aromatic heterocycles. The van der Waals surface area contributed by atoms with E-state index in [1.807, 2.05) is 24.3 Å². The van der Waals surface area contributed by atoms with Crippen LogP contribution in [0.25, 0.3) is 0 Å². The van der Waals surface area contributed by atoms with Crippen molar-refractivity contribution in [3.05, 3.63) is 65.2 Å². The summed E-state index contributed by atoms with van der Waals surface area (Å²) >= 11 is 0. The molecule has 2 aromatic carbocycles. The molecule has 2 unspecified atom stereocenters. The van der Waals surface area contributed by atoms with Crippen LogP contribution in [0, 0.1) is 5.92 Å². The maximum Gasteiger partial charge on any atom is 0.225 e. The molecule has 0 aliphatic carbocycles. The first-order valence-corrected chi connectivity index (χ1v) is 9.13. The minimum Gasteiger partial charge on any atom is -0.493 e. The van der Waals surface area contributed by atoms with Crippen molar-refractivity contribution in [3.8, 4) is 5.75 Å². The van der Waals surface area contributed by atoms with Crippen molar-refractivity contribution in [2.75, 3.05) is 19.7 Å². The van der Waals surface area contributed by atoms with Gasteiger partial charge in [-0.3, -0.25) is 4.79 Å². The van der Waals surface area contributed by atoms with Crippen LogP contribution in [0.15, 0.2) is 48.5 Å². The minimum absolute atomic E-state index is 0.0622. The first-order chi connectivity index (χ1) is 12.3. The van der Waals surface area contributed by atoms with Crippen LogP contribution in [0.5, 0.6) is 5.75 Å². The van der Waals surface area contributed by atoms with Gasteiger partial charge in [-0.15, -0.1) is 0 Å². The van der Waals surface area contributed by atoms with Crippen LogP contribution in [0.4, 0.5) is 0 Å². The molecule has 0 bridgehead atoms. The number of amides is 1. The Balaban J connectivity index is 1.64. The molecular formula is C21H24N2O2. The lowest BCUT2D eigenvalue weighted by Crippen LogP contribution is -2.35. The Labute approximate surface area is 148 Å². The van der Waals surface area contributed by atoms with E-state index < -0.39 is 0 Å². The average molecular weight is 336 g/mol. The molecule has 130 valence electrons. The molecule has 2 heterocycles. The zero-order valence-electron chi connectivity index (χ0n) is 14.3. The van der Waals surface area contributed by atoms with Crippen LogP contribution < -0.4 is 15.4 Å². The van der Waals surface area contributed by atoms with Gasteiger partial charge >= 0.3 is 0 Å². The van der Waals surface area contributed by atoms with Gasteiger partial charge in [0.15, 0.2) is 0 Å². The van der Waals surface area contributed by atoms with Crippen LogP contribution in [-0.2, 0) is 11.2 Å². The molecule has 0 saturated carbocycles.